The van der Waals surface area contributed by atoms with Gasteiger partial charge in [0.05, 0.1) is 20.8 Å². The summed E-state index contributed by atoms with van der Waals surface area (Å²) in [5.74, 6) is 4.81. The van der Waals surface area contributed by atoms with E-state index in [2.05, 4.69) is 40.9 Å². The fourth-order valence-corrected chi connectivity index (χ4v) is 4.53. The lowest BCUT2D eigenvalue weighted by atomic mass is 10.1. The highest BCUT2D eigenvalue weighted by molar-refractivity contribution is 5.79. The van der Waals surface area contributed by atoms with Crippen molar-refractivity contribution < 1.29 is 9.47 Å². The van der Waals surface area contributed by atoms with E-state index in [-0.39, 0.29) is 0 Å². The number of aromatic nitrogens is 3. The molecule has 0 saturated carbocycles. The lowest BCUT2D eigenvalue weighted by Crippen LogP contribution is -2.52. The molecule has 0 aliphatic carbocycles. The van der Waals surface area contributed by atoms with Gasteiger partial charge in [-0.1, -0.05) is 6.42 Å². The Labute approximate surface area is 190 Å². The van der Waals surface area contributed by atoms with Crippen LogP contribution in [0.3, 0.4) is 0 Å². The Morgan fingerprint density at radius 1 is 1.03 bits per heavy atom. The van der Waals surface area contributed by atoms with E-state index < -0.39 is 0 Å². The van der Waals surface area contributed by atoms with Crippen LogP contribution in [0.2, 0.25) is 0 Å². The zero-order valence-electron chi connectivity index (χ0n) is 19.5. The number of fused-ring (bicyclic) bond motifs is 1. The zero-order valence-corrected chi connectivity index (χ0v) is 19.5. The van der Waals surface area contributed by atoms with Crippen molar-refractivity contribution in [1.82, 2.24) is 29.9 Å². The molecule has 1 saturated heterocycles. The molecule has 1 aromatic heterocycles. The van der Waals surface area contributed by atoms with Crippen LogP contribution in [0, 0.1) is 0 Å². The normalized spacial score (nSPS) is 17.6. The van der Waals surface area contributed by atoms with Crippen molar-refractivity contribution in [3.63, 3.8) is 0 Å². The molecular formula is C23H35N7O2. The number of nitrogens with one attached hydrogen (secondary N) is 1. The molecule has 4 rings (SSSR count). The van der Waals surface area contributed by atoms with E-state index in [1.54, 1.807) is 14.2 Å². The average Bonchev–Trinajstić information content (AvgIpc) is 3.06. The highest BCUT2D eigenvalue weighted by Gasteiger charge is 2.22. The van der Waals surface area contributed by atoms with Crippen LogP contribution in [-0.4, -0.2) is 78.0 Å². The SMILES string of the molecule is CN=C(NCc1nnc2n1CCCCC2)N1CCN(Cc2cc(OC)ccc2OC)CC1. The second kappa shape index (κ2) is 10.7. The van der Waals surface area contributed by atoms with Crippen molar-refractivity contribution in [3.8, 4) is 11.5 Å². The molecule has 9 heteroatoms. The van der Waals surface area contributed by atoms with E-state index in [1.165, 1.54) is 19.3 Å². The van der Waals surface area contributed by atoms with Crippen molar-refractivity contribution in [2.75, 3.05) is 47.4 Å². The number of nitrogens with zero attached hydrogens (tertiary/aromatic N) is 6. The number of ether oxygens (including phenoxy) is 2. The molecule has 0 atom stereocenters. The fraction of sp³-hybridized carbons (Fsp3) is 0.609. The number of hydrogen-bond acceptors (Lipinski definition) is 6. The topological polar surface area (TPSA) is 80.0 Å². The van der Waals surface area contributed by atoms with E-state index >= 15 is 0 Å². The first-order valence-electron chi connectivity index (χ1n) is 11.5. The molecule has 3 heterocycles. The van der Waals surface area contributed by atoms with Crippen LogP contribution in [0.1, 0.15) is 36.5 Å². The molecule has 0 unspecified atom stereocenters. The summed E-state index contributed by atoms with van der Waals surface area (Å²) >= 11 is 0. The molecule has 0 radical (unpaired) electrons. The van der Waals surface area contributed by atoms with Gasteiger partial charge in [-0.3, -0.25) is 9.89 Å². The maximum atomic E-state index is 5.54. The molecule has 1 N–H and O–H groups in total. The van der Waals surface area contributed by atoms with Gasteiger partial charge in [-0.05, 0) is 31.0 Å². The summed E-state index contributed by atoms with van der Waals surface area (Å²) in [7, 11) is 5.26. The van der Waals surface area contributed by atoms with E-state index in [4.69, 9.17) is 9.47 Å². The number of aliphatic imine (C=N–C) groups is 1. The van der Waals surface area contributed by atoms with Crippen molar-refractivity contribution in [1.29, 1.82) is 0 Å². The molecule has 0 spiro atoms. The minimum absolute atomic E-state index is 0.654. The maximum absolute atomic E-state index is 5.54. The third-order valence-corrected chi connectivity index (χ3v) is 6.36. The zero-order chi connectivity index (χ0) is 22.3. The molecular weight excluding hydrogens is 406 g/mol. The second-order valence-corrected chi connectivity index (χ2v) is 8.34. The second-order valence-electron chi connectivity index (χ2n) is 8.34. The van der Waals surface area contributed by atoms with E-state index in [1.807, 2.05) is 19.2 Å². The van der Waals surface area contributed by atoms with Gasteiger partial charge in [0.15, 0.2) is 11.8 Å². The molecule has 2 aromatic rings. The number of piperazine rings is 1. The standard InChI is InChI=1S/C23H35N7O2/c1-24-23(25-16-22-27-26-21-7-5-4-6-10-30(21)22)29-13-11-28(12-14-29)17-18-15-19(31-2)8-9-20(18)32-3/h8-9,15H,4-7,10-14,16-17H2,1-3H3,(H,24,25). The Morgan fingerprint density at radius 2 is 1.88 bits per heavy atom. The maximum Gasteiger partial charge on any atom is 0.194 e. The Morgan fingerprint density at radius 3 is 2.62 bits per heavy atom. The first-order chi connectivity index (χ1) is 15.7. The van der Waals surface area contributed by atoms with Gasteiger partial charge >= 0.3 is 0 Å². The third kappa shape index (κ3) is 5.15. The minimum atomic E-state index is 0.654. The number of rotatable bonds is 6. The van der Waals surface area contributed by atoms with Crippen LogP contribution in [0.5, 0.6) is 11.5 Å². The van der Waals surface area contributed by atoms with Crippen molar-refractivity contribution in [2.45, 2.75) is 45.3 Å². The largest absolute Gasteiger partial charge is 0.497 e. The quantitative estimate of drug-likeness (QED) is 0.542. The predicted octanol–water partition coefficient (Wildman–Crippen LogP) is 1.91. The van der Waals surface area contributed by atoms with Crippen LogP contribution >= 0.6 is 0 Å². The first-order valence-corrected chi connectivity index (χ1v) is 11.5. The number of guanidine groups is 1. The summed E-state index contributed by atoms with van der Waals surface area (Å²) < 4.78 is 13.2. The summed E-state index contributed by atoms with van der Waals surface area (Å²) in [5.41, 5.74) is 1.15. The third-order valence-electron chi connectivity index (χ3n) is 6.36. The Bertz CT molecular complexity index is 919. The van der Waals surface area contributed by atoms with Crippen LogP contribution in [0.15, 0.2) is 23.2 Å². The smallest absolute Gasteiger partial charge is 0.194 e. The summed E-state index contributed by atoms with van der Waals surface area (Å²) in [6, 6.07) is 5.97. The van der Waals surface area contributed by atoms with E-state index in [0.29, 0.717) is 6.54 Å². The summed E-state index contributed by atoms with van der Waals surface area (Å²) in [6.45, 7) is 6.27. The fourth-order valence-electron chi connectivity index (χ4n) is 4.53. The molecule has 1 fully saturated rings. The molecule has 2 aliphatic heterocycles. The number of methoxy groups -OCH3 is 2. The molecule has 32 heavy (non-hydrogen) atoms. The Hall–Kier alpha value is -2.81. The van der Waals surface area contributed by atoms with Gasteiger partial charge in [0.2, 0.25) is 0 Å². The highest BCUT2D eigenvalue weighted by atomic mass is 16.5. The number of benzene rings is 1. The van der Waals surface area contributed by atoms with Crippen LogP contribution in [0.4, 0.5) is 0 Å². The molecule has 2 aliphatic rings. The van der Waals surface area contributed by atoms with Crippen LogP contribution in [0.25, 0.3) is 0 Å². The first kappa shape index (κ1) is 22.4. The molecule has 0 amide bonds. The van der Waals surface area contributed by atoms with Gasteiger partial charge in [0.1, 0.15) is 17.3 Å². The number of hydrogen-bond donors (Lipinski definition) is 1. The molecule has 0 bridgehead atoms. The van der Waals surface area contributed by atoms with Gasteiger partial charge in [0, 0.05) is 58.3 Å². The van der Waals surface area contributed by atoms with Gasteiger partial charge in [-0.15, -0.1) is 10.2 Å². The predicted molar refractivity (Wildman–Crippen MR) is 124 cm³/mol. The van der Waals surface area contributed by atoms with Crippen LogP contribution < -0.4 is 14.8 Å². The summed E-state index contributed by atoms with van der Waals surface area (Å²) in [6.07, 6.45) is 4.71. The van der Waals surface area contributed by atoms with Gasteiger partial charge < -0.3 is 24.3 Å². The van der Waals surface area contributed by atoms with Crippen molar-refractivity contribution in [3.05, 3.63) is 35.4 Å². The van der Waals surface area contributed by atoms with Gasteiger partial charge in [0.25, 0.3) is 0 Å². The minimum Gasteiger partial charge on any atom is -0.497 e. The van der Waals surface area contributed by atoms with E-state index in [0.717, 1.165) is 80.4 Å². The monoisotopic (exact) mass is 441 g/mol. The van der Waals surface area contributed by atoms with Gasteiger partial charge in [-0.2, -0.15) is 0 Å². The highest BCUT2D eigenvalue weighted by Crippen LogP contribution is 2.25. The van der Waals surface area contributed by atoms with Gasteiger partial charge in [-0.25, -0.2) is 0 Å². The molecule has 174 valence electrons. The summed E-state index contributed by atoms with van der Waals surface area (Å²) in [5, 5.41) is 12.3. The Kier molecular flexibility index (Phi) is 7.47. The molecule has 9 nitrogen and oxygen atoms in total. The lowest BCUT2D eigenvalue weighted by molar-refractivity contribution is 0.171. The van der Waals surface area contributed by atoms with Crippen molar-refractivity contribution in [2.24, 2.45) is 4.99 Å². The summed E-state index contributed by atoms with van der Waals surface area (Å²) in [4.78, 5) is 9.28. The Balaban J connectivity index is 1.31. The van der Waals surface area contributed by atoms with E-state index in [9.17, 15) is 0 Å². The molecule has 1 aromatic carbocycles. The average molecular weight is 442 g/mol. The number of aryl methyl sites for hydroxylation is 1. The lowest BCUT2D eigenvalue weighted by Gasteiger charge is -2.36. The van der Waals surface area contributed by atoms with Crippen molar-refractivity contribution >= 4 is 5.96 Å². The van der Waals surface area contributed by atoms with Crippen LogP contribution in [-0.2, 0) is 26.1 Å².